The number of carbonyl (C=O) groups excluding carboxylic acids is 1. The zero-order valence-corrected chi connectivity index (χ0v) is 10.5. The number of ether oxygens (including phenoxy) is 3. The molecule has 4 nitrogen and oxygen atoms in total. The maximum atomic E-state index is 11.3. The van der Waals surface area contributed by atoms with Crippen LogP contribution in [0.15, 0.2) is 37.5 Å². The van der Waals surface area contributed by atoms with Crippen molar-refractivity contribution in [1.82, 2.24) is 0 Å². The molecule has 0 aliphatic carbocycles. The van der Waals surface area contributed by atoms with Crippen molar-refractivity contribution in [3.8, 4) is 0 Å². The lowest BCUT2D eigenvalue weighted by Gasteiger charge is -2.25. The third-order valence-corrected chi connectivity index (χ3v) is 2.37. The van der Waals surface area contributed by atoms with Crippen LogP contribution < -0.4 is 0 Å². The van der Waals surface area contributed by atoms with Gasteiger partial charge >= 0.3 is 5.97 Å². The van der Waals surface area contributed by atoms with E-state index in [1.165, 1.54) is 0 Å². The molecule has 1 aliphatic heterocycles. The molecule has 1 heterocycles. The Morgan fingerprint density at radius 2 is 2.28 bits per heavy atom. The SMILES string of the molecule is C=CCCC(=O)OC[C@@H]1C=CCC(OCC=C)O1. The number of rotatable bonds is 8. The van der Waals surface area contributed by atoms with Crippen LogP contribution >= 0.6 is 0 Å². The number of esters is 1. The molecule has 0 amide bonds. The molecule has 0 radical (unpaired) electrons. The second kappa shape index (κ2) is 8.66. The van der Waals surface area contributed by atoms with E-state index in [0.29, 0.717) is 25.9 Å². The molecule has 0 bridgehead atoms. The predicted octanol–water partition coefficient (Wildman–Crippen LogP) is 2.37. The Morgan fingerprint density at radius 3 is 3.00 bits per heavy atom. The van der Waals surface area contributed by atoms with Crippen LogP contribution in [0.2, 0.25) is 0 Å². The van der Waals surface area contributed by atoms with E-state index in [4.69, 9.17) is 14.2 Å². The molecule has 0 saturated carbocycles. The Balaban J connectivity index is 2.23. The number of hydrogen-bond acceptors (Lipinski definition) is 4. The van der Waals surface area contributed by atoms with Gasteiger partial charge in [0.2, 0.25) is 0 Å². The summed E-state index contributed by atoms with van der Waals surface area (Å²) in [4.78, 5) is 11.3. The fourth-order valence-electron chi connectivity index (χ4n) is 1.48. The van der Waals surface area contributed by atoms with Crippen molar-refractivity contribution in [3.05, 3.63) is 37.5 Å². The van der Waals surface area contributed by atoms with Gasteiger partial charge in [0.1, 0.15) is 12.7 Å². The topological polar surface area (TPSA) is 44.8 Å². The lowest BCUT2D eigenvalue weighted by atomic mass is 10.2. The maximum absolute atomic E-state index is 11.3. The van der Waals surface area contributed by atoms with Gasteiger partial charge < -0.3 is 14.2 Å². The average Bonchev–Trinajstić information content (AvgIpc) is 2.41. The minimum atomic E-state index is -0.287. The summed E-state index contributed by atoms with van der Waals surface area (Å²) >= 11 is 0. The van der Waals surface area contributed by atoms with Crippen LogP contribution in [0.3, 0.4) is 0 Å². The first-order chi connectivity index (χ1) is 8.76. The molecule has 0 N–H and O–H groups in total. The molecule has 18 heavy (non-hydrogen) atoms. The van der Waals surface area contributed by atoms with E-state index in [1.807, 2.05) is 12.2 Å². The van der Waals surface area contributed by atoms with Crippen molar-refractivity contribution in [2.45, 2.75) is 31.7 Å². The summed E-state index contributed by atoms with van der Waals surface area (Å²) in [6.45, 7) is 7.80. The van der Waals surface area contributed by atoms with Crippen molar-refractivity contribution < 1.29 is 19.0 Å². The van der Waals surface area contributed by atoms with E-state index >= 15 is 0 Å². The fourth-order valence-corrected chi connectivity index (χ4v) is 1.48. The Labute approximate surface area is 108 Å². The van der Waals surface area contributed by atoms with Crippen molar-refractivity contribution in [3.63, 3.8) is 0 Å². The molecule has 1 unspecified atom stereocenters. The lowest BCUT2D eigenvalue weighted by Crippen LogP contribution is -2.30. The van der Waals surface area contributed by atoms with Crippen LogP contribution in [-0.4, -0.2) is 31.6 Å². The van der Waals surface area contributed by atoms with Crippen molar-refractivity contribution in [2.75, 3.05) is 13.2 Å². The molecule has 100 valence electrons. The quantitative estimate of drug-likeness (QED) is 0.491. The van der Waals surface area contributed by atoms with Crippen LogP contribution in [0.5, 0.6) is 0 Å². The lowest BCUT2D eigenvalue weighted by molar-refractivity contribution is -0.174. The van der Waals surface area contributed by atoms with E-state index in [2.05, 4.69) is 13.2 Å². The summed E-state index contributed by atoms with van der Waals surface area (Å²) < 4.78 is 16.1. The average molecular weight is 252 g/mol. The summed E-state index contributed by atoms with van der Waals surface area (Å²) in [5, 5.41) is 0. The molecule has 0 aromatic rings. The molecule has 0 aromatic heterocycles. The summed E-state index contributed by atoms with van der Waals surface area (Å²) in [6.07, 6.45) is 8.39. The maximum Gasteiger partial charge on any atom is 0.306 e. The second-order valence-electron chi connectivity index (χ2n) is 3.90. The van der Waals surface area contributed by atoms with Gasteiger partial charge in [-0.3, -0.25) is 4.79 Å². The third kappa shape index (κ3) is 5.80. The van der Waals surface area contributed by atoms with E-state index in [0.717, 1.165) is 0 Å². The Kier molecular flexibility index (Phi) is 7.06. The fraction of sp³-hybridized carbons (Fsp3) is 0.500. The largest absolute Gasteiger partial charge is 0.463 e. The second-order valence-corrected chi connectivity index (χ2v) is 3.90. The first-order valence-corrected chi connectivity index (χ1v) is 6.07. The van der Waals surface area contributed by atoms with Crippen LogP contribution in [0.4, 0.5) is 0 Å². The van der Waals surface area contributed by atoms with E-state index in [-0.39, 0.29) is 25.0 Å². The first kappa shape index (κ1) is 14.7. The monoisotopic (exact) mass is 252 g/mol. The highest BCUT2D eigenvalue weighted by Gasteiger charge is 2.19. The highest BCUT2D eigenvalue weighted by atomic mass is 16.7. The van der Waals surface area contributed by atoms with Gasteiger partial charge in [0.05, 0.1) is 6.61 Å². The van der Waals surface area contributed by atoms with Gasteiger partial charge in [-0.25, -0.2) is 0 Å². The number of allylic oxidation sites excluding steroid dienone is 1. The molecule has 1 aliphatic rings. The Hall–Kier alpha value is -1.39. The van der Waals surface area contributed by atoms with Crippen molar-refractivity contribution >= 4 is 5.97 Å². The van der Waals surface area contributed by atoms with E-state index in [9.17, 15) is 4.79 Å². The first-order valence-electron chi connectivity index (χ1n) is 6.07. The van der Waals surface area contributed by atoms with Gasteiger partial charge in [-0.15, -0.1) is 13.2 Å². The standard InChI is InChI=1S/C14H20O4/c1-3-5-8-13(15)17-11-12-7-6-9-14(18-12)16-10-4-2/h3-4,6-7,12,14H,1-2,5,8-11H2/t12-,14?/m0/s1. The highest BCUT2D eigenvalue weighted by Crippen LogP contribution is 2.14. The van der Waals surface area contributed by atoms with Gasteiger partial charge in [-0.1, -0.05) is 24.3 Å². The smallest absolute Gasteiger partial charge is 0.306 e. The van der Waals surface area contributed by atoms with Gasteiger partial charge in [-0.2, -0.15) is 0 Å². The molecule has 1 rings (SSSR count). The predicted molar refractivity (Wildman–Crippen MR) is 69.0 cm³/mol. The van der Waals surface area contributed by atoms with Crippen molar-refractivity contribution in [2.24, 2.45) is 0 Å². The van der Waals surface area contributed by atoms with Gasteiger partial charge in [-0.05, 0) is 6.42 Å². The zero-order valence-electron chi connectivity index (χ0n) is 10.5. The van der Waals surface area contributed by atoms with Gasteiger partial charge in [0, 0.05) is 12.8 Å². The summed E-state index contributed by atoms with van der Waals surface area (Å²) in [5.74, 6) is -0.235. The molecule has 4 heteroatoms. The molecule has 2 atom stereocenters. The van der Waals surface area contributed by atoms with Crippen LogP contribution in [0.25, 0.3) is 0 Å². The molecule has 0 saturated heterocycles. The summed E-state index contributed by atoms with van der Waals surface area (Å²) in [6, 6.07) is 0. The Bertz CT molecular complexity index is 309. The van der Waals surface area contributed by atoms with E-state index < -0.39 is 0 Å². The normalized spacial score (nSPS) is 22.4. The molecule has 0 aromatic carbocycles. The van der Waals surface area contributed by atoms with E-state index in [1.54, 1.807) is 12.2 Å². The molecular formula is C14H20O4. The van der Waals surface area contributed by atoms with Crippen LogP contribution in [-0.2, 0) is 19.0 Å². The number of hydrogen-bond donors (Lipinski definition) is 0. The molecule has 0 spiro atoms. The van der Waals surface area contributed by atoms with Gasteiger partial charge in [0.15, 0.2) is 6.29 Å². The van der Waals surface area contributed by atoms with Crippen LogP contribution in [0.1, 0.15) is 19.3 Å². The molecule has 0 fully saturated rings. The van der Waals surface area contributed by atoms with Gasteiger partial charge in [0.25, 0.3) is 0 Å². The van der Waals surface area contributed by atoms with Crippen molar-refractivity contribution in [1.29, 1.82) is 0 Å². The highest BCUT2D eigenvalue weighted by molar-refractivity contribution is 5.69. The Morgan fingerprint density at radius 1 is 1.44 bits per heavy atom. The van der Waals surface area contributed by atoms with Crippen LogP contribution in [0, 0.1) is 0 Å². The minimum absolute atomic E-state index is 0.223. The third-order valence-electron chi connectivity index (χ3n) is 2.37. The minimum Gasteiger partial charge on any atom is -0.463 e. The number of carbonyl (C=O) groups is 1. The zero-order chi connectivity index (χ0) is 13.2. The molecular weight excluding hydrogens is 232 g/mol. The summed E-state index contributed by atoms with van der Waals surface area (Å²) in [5.41, 5.74) is 0. The summed E-state index contributed by atoms with van der Waals surface area (Å²) in [7, 11) is 0.